The van der Waals surface area contributed by atoms with E-state index in [0.29, 0.717) is 64.5 Å². The van der Waals surface area contributed by atoms with Crippen LogP contribution in [-0.2, 0) is 73.4 Å². The first-order chi connectivity index (χ1) is 40.3. The predicted molar refractivity (Wildman–Crippen MR) is 326 cm³/mol. The summed E-state index contributed by atoms with van der Waals surface area (Å²) in [6.07, 6.45) is 10.7. The Hall–Kier alpha value is -7.08. The van der Waals surface area contributed by atoms with Crippen molar-refractivity contribution in [1.82, 2.24) is 37.2 Å². The molecule has 4 atom stereocenters. The molecule has 0 aliphatic rings. The molecular weight excluding hydrogens is 1120 g/mol. The molecule has 87 heavy (non-hydrogen) atoms. The maximum atomic E-state index is 14.0. The van der Waals surface area contributed by atoms with Gasteiger partial charge in [-0.15, -0.1) is 0 Å². The Morgan fingerprint density at radius 3 is 1.36 bits per heavy atom. The third-order valence-corrected chi connectivity index (χ3v) is 13.2. The second-order valence-electron chi connectivity index (χ2n) is 26.9. The highest BCUT2D eigenvalue weighted by Crippen LogP contribution is 2.29. The Bertz CT molecular complexity index is 2280. The molecule has 23 heteroatoms. The van der Waals surface area contributed by atoms with Crippen LogP contribution in [0.2, 0.25) is 0 Å². The number of urea groups is 1. The second kappa shape index (κ2) is 45.2. The number of unbranched alkanes of at least 4 members (excludes halogenated alkanes) is 6. The van der Waals surface area contributed by atoms with E-state index in [1.165, 1.54) is 11.1 Å². The topological polar surface area (TPSA) is 342 Å². The third kappa shape index (κ3) is 49.7. The van der Waals surface area contributed by atoms with Gasteiger partial charge in [0.15, 0.2) is 0 Å². The van der Waals surface area contributed by atoms with Crippen molar-refractivity contribution in [3.05, 3.63) is 35.4 Å². The first kappa shape index (κ1) is 84.1. The number of aryl methyl sites for hydroxylation is 2. The van der Waals surface area contributed by atoms with Crippen molar-refractivity contribution in [2.75, 3.05) is 19.6 Å². The number of esters is 1. The van der Waals surface area contributed by atoms with Gasteiger partial charge >= 0.3 is 36.5 Å². The minimum Gasteiger partial charge on any atom is -0.454 e. The summed E-state index contributed by atoms with van der Waals surface area (Å²) in [6, 6.07) is 5.53. The Labute approximate surface area is 517 Å². The van der Waals surface area contributed by atoms with Gasteiger partial charge in [-0.05, 0) is 154 Å². The lowest BCUT2D eigenvalue weighted by Crippen LogP contribution is -2.53. The van der Waals surface area contributed by atoms with Gasteiger partial charge in [-0.1, -0.05) is 111 Å². The third-order valence-electron chi connectivity index (χ3n) is 13.2. The van der Waals surface area contributed by atoms with Gasteiger partial charge in [0.05, 0.1) is 6.04 Å². The average Bonchev–Trinajstić information content (AvgIpc) is 3.57. The lowest BCUT2D eigenvalue weighted by molar-refractivity contribution is -0.193. The Balaban J connectivity index is -0.00000734. The number of rotatable bonds is 34. The summed E-state index contributed by atoms with van der Waals surface area (Å²) in [7, 11) is 0. The Morgan fingerprint density at radius 2 is 0.874 bits per heavy atom. The average molecular weight is 1230 g/mol. The number of hydrogen-bond acceptors (Lipinski definition) is 16. The summed E-state index contributed by atoms with van der Waals surface area (Å²) in [5.74, 6) is -3.11. The molecule has 0 unspecified atom stereocenters. The smallest absolute Gasteiger partial charge is 0.407 e. The standard InChI is InChI=1S/C61H107N7O10.3CO2/c1-43-32-34-44(35-33-43)27-26-31-49(69)62-41-24-21-28-45(52(72)54(74)77-60(11,12)13)66-53(73)46(29-22-25-42-64-56(76)78-61(14,15)16)65-51(71)30-20-18-17-19-23-40-63-50(70)37-36-47(58(5,6)7)67-55(75)68-48(59(8,9)10)38-39-57(2,3)4;3*2-1-3/h32-35,45-48H,17-31,36-42H2,1-16H3,(H,62,69)(H,63,70)(H,64,76)(H,65,71)(H,66,73)(H2,67,68,75);;;/t45-,46-,47-,48-;;;/m0.../s1. The minimum atomic E-state index is -1.23. The van der Waals surface area contributed by atoms with E-state index < -0.39 is 47.0 Å². The first-order valence-electron chi connectivity index (χ1n) is 30.3. The molecule has 0 spiro atoms. The van der Waals surface area contributed by atoms with Crippen molar-refractivity contribution in [2.45, 2.75) is 268 Å². The van der Waals surface area contributed by atoms with Crippen LogP contribution in [0.25, 0.3) is 0 Å². The summed E-state index contributed by atoms with van der Waals surface area (Å²) in [5.41, 5.74) is 0.515. The van der Waals surface area contributed by atoms with E-state index >= 15 is 0 Å². The number of Topliss-reactive ketones (excluding diaryl/α,β-unsaturated/α-hetero) is 1. The number of amides is 7. The number of ether oxygens (including phenoxy) is 2. The number of benzene rings is 1. The number of carbonyl (C=O) groups excluding carboxylic acids is 14. The molecule has 0 bridgehead atoms. The monoisotopic (exact) mass is 1230 g/mol. The first-order valence-corrected chi connectivity index (χ1v) is 30.3. The Kier molecular flexibility index (Phi) is 43.7. The fourth-order valence-electron chi connectivity index (χ4n) is 8.43. The van der Waals surface area contributed by atoms with Gasteiger partial charge < -0.3 is 46.7 Å². The van der Waals surface area contributed by atoms with Crippen LogP contribution in [0.5, 0.6) is 0 Å². The van der Waals surface area contributed by atoms with Gasteiger partial charge in [0.25, 0.3) is 5.78 Å². The van der Waals surface area contributed by atoms with E-state index in [2.05, 4.69) is 112 Å². The van der Waals surface area contributed by atoms with Crippen molar-refractivity contribution in [2.24, 2.45) is 16.2 Å². The highest BCUT2D eigenvalue weighted by Gasteiger charge is 2.34. The number of hydrogen-bond donors (Lipinski definition) is 7. The lowest BCUT2D eigenvalue weighted by Gasteiger charge is -2.36. The van der Waals surface area contributed by atoms with Crippen LogP contribution in [0.4, 0.5) is 9.59 Å². The molecule has 0 heterocycles. The molecule has 0 saturated carbocycles. The molecular formula is C64H107N7O16. The molecule has 7 amide bonds. The summed E-state index contributed by atoms with van der Waals surface area (Å²) >= 11 is 0. The molecule has 1 rings (SSSR count). The van der Waals surface area contributed by atoms with E-state index in [-0.39, 0.29) is 103 Å². The van der Waals surface area contributed by atoms with Crippen molar-refractivity contribution >= 4 is 66.0 Å². The molecule has 494 valence electrons. The van der Waals surface area contributed by atoms with E-state index in [9.17, 15) is 38.4 Å². The number of alkyl carbamates (subject to hydrolysis) is 1. The van der Waals surface area contributed by atoms with E-state index in [1.54, 1.807) is 41.5 Å². The predicted octanol–water partition coefficient (Wildman–Crippen LogP) is 8.62. The fraction of sp³-hybridized carbons (Fsp3) is 0.734. The zero-order valence-corrected chi connectivity index (χ0v) is 55.2. The van der Waals surface area contributed by atoms with Crippen molar-refractivity contribution in [3.8, 4) is 0 Å². The largest absolute Gasteiger partial charge is 0.454 e. The second-order valence-corrected chi connectivity index (χ2v) is 26.9. The molecule has 1 aromatic rings. The van der Waals surface area contributed by atoms with Crippen molar-refractivity contribution < 1.29 is 76.6 Å². The molecule has 23 nitrogen and oxygen atoms in total. The quantitative estimate of drug-likeness (QED) is 0.0193. The van der Waals surface area contributed by atoms with Gasteiger partial charge in [0, 0.05) is 51.0 Å². The molecule has 0 aliphatic heterocycles. The SMILES string of the molecule is Cc1ccc(CCCC(=O)NCCCC[C@H](NC(=O)[C@H](CCCCNC(=O)OC(C)(C)C)NC(=O)CCCCCCCNC(=O)CC[C@H](NC(=O)N[C@@H](CCC(C)(C)C)C(C)(C)C)C(C)(C)C)C(=O)C(=O)OC(C)(C)C)cc1.O=C=O.O=C=O.O=C=O. The number of ketones is 1. The molecule has 1 aromatic carbocycles. The van der Waals surface area contributed by atoms with Crippen LogP contribution in [0.15, 0.2) is 24.3 Å². The van der Waals surface area contributed by atoms with E-state index in [0.717, 1.165) is 44.9 Å². The molecule has 0 radical (unpaired) electrons. The van der Waals surface area contributed by atoms with Crippen LogP contribution in [0.3, 0.4) is 0 Å². The summed E-state index contributed by atoms with van der Waals surface area (Å²) in [4.78, 5) is 154. The van der Waals surface area contributed by atoms with Crippen molar-refractivity contribution in [3.63, 3.8) is 0 Å². The normalized spacial score (nSPS) is 12.6. The van der Waals surface area contributed by atoms with Gasteiger partial charge in [-0.2, -0.15) is 28.8 Å². The van der Waals surface area contributed by atoms with Crippen LogP contribution in [-0.4, -0.2) is 121 Å². The van der Waals surface area contributed by atoms with Gasteiger partial charge in [0.2, 0.25) is 23.6 Å². The highest BCUT2D eigenvalue weighted by atomic mass is 16.6. The maximum absolute atomic E-state index is 14.0. The van der Waals surface area contributed by atoms with Gasteiger partial charge in [0.1, 0.15) is 17.2 Å². The molecule has 0 aliphatic carbocycles. The van der Waals surface area contributed by atoms with Crippen molar-refractivity contribution in [1.29, 1.82) is 0 Å². The van der Waals surface area contributed by atoms with E-state index in [4.69, 9.17) is 38.2 Å². The van der Waals surface area contributed by atoms with Gasteiger partial charge in [-0.3, -0.25) is 24.0 Å². The van der Waals surface area contributed by atoms with Crippen LogP contribution < -0.4 is 37.2 Å². The summed E-state index contributed by atoms with van der Waals surface area (Å²) < 4.78 is 10.7. The van der Waals surface area contributed by atoms with Crippen LogP contribution >= 0.6 is 0 Å². The zero-order valence-electron chi connectivity index (χ0n) is 55.2. The molecule has 0 aromatic heterocycles. The lowest BCUT2D eigenvalue weighted by atomic mass is 9.79. The highest BCUT2D eigenvalue weighted by molar-refractivity contribution is 6.36. The zero-order chi connectivity index (χ0) is 67.5. The Morgan fingerprint density at radius 1 is 0.448 bits per heavy atom. The summed E-state index contributed by atoms with van der Waals surface area (Å²) in [6.45, 7) is 32.6. The maximum Gasteiger partial charge on any atom is 0.407 e. The van der Waals surface area contributed by atoms with Crippen LogP contribution in [0, 0.1) is 23.2 Å². The number of carbonyl (C=O) groups is 8. The summed E-state index contributed by atoms with van der Waals surface area (Å²) in [5, 5.41) is 20.6. The van der Waals surface area contributed by atoms with Crippen LogP contribution in [0.1, 0.15) is 231 Å². The van der Waals surface area contributed by atoms with Gasteiger partial charge in [-0.25, -0.2) is 14.4 Å². The molecule has 7 N–H and O–H groups in total. The molecule has 0 saturated heterocycles. The fourth-order valence-corrected chi connectivity index (χ4v) is 8.43. The molecule has 0 fully saturated rings. The number of nitrogens with one attached hydrogen (secondary N) is 7. The minimum absolute atomic E-state index is 0.000910. The van der Waals surface area contributed by atoms with E-state index in [1.807, 2.05) is 19.1 Å².